The smallest absolute Gasteiger partial charge is 0.416 e. The Morgan fingerprint density at radius 2 is 1.65 bits per heavy atom. The Labute approximate surface area is 147 Å². The van der Waals surface area contributed by atoms with Crippen molar-refractivity contribution in [2.24, 2.45) is 0 Å². The molecule has 0 spiro atoms. The van der Waals surface area contributed by atoms with Gasteiger partial charge in [0.05, 0.1) is 17.9 Å². The van der Waals surface area contributed by atoms with E-state index in [0.29, 0.717) is 28.6 Å². The van der Waals surface area contributed by atoms with Crippen molar-refractivity contribution in [3.8, 4) is 11.5 Å². The zero-order chi connectivity index (χ0) is 18.3. The number of alkyl halides is 3. The Bertz CT molecular complexity index is 1010. The summed E-state index contributed by atoms with van der Waals surface area (Å²) in [5, 5.41) is 1.77. The molecule has 0 radical (unpaired) electrons. The maximum atomic E-state index is 12.6. The van der Waals surface area contributed by atoms with E-state index < -0.39 is 11.7 Å². The molecule has 3 aromatic rings. The molecule has 0 aliphatic carbocycles. The lowest BCUT2D eigenvalue weighted by Crippen LogP contribution is -2.03. The number of rotatable bonds is 2. The second-order valence-corrected chi connectivity index (χ2v) is 5.97. The maximum absolute atomic E-state index is 12.6. The van der Waals surface area contributed by atoms with E-state index in [0.717, 1.165) is 22.9 Å². The van der Waals surface area contributed by atoms with Crippen molar-refractivity contribution in [2.45, 2.75) is 13.1 Å². The lowest BCUT2D eigenvalue weighted by atomic mass is 10.1. The average Bonchev–Trinajstić information content (AvgIpc) is 3.04. The highest BCUT2D eigenvalue weighted by Gasteiger charge is 2.29. The molecule has 0 N–H and O–H groups in total. The van der Waals surface area contributed by atoms with Crippen LogP contribution < -0.4 is 9.47 Å². The van der Waals surface area contributed by atoms with E-state index in [1.807, 2.05) is 25.1 Å². The summed E-state index contributed by atoms with van der Waals surface area (Å²) < 4.78 is 54.5. The van der Waals surface area contributed by atoms with Crippen LogP contribution in [0.25, 0.3) is 22.9 Å². The van der Waals surface area contributed by atoms with Crippen LogP contribution in [0.15, 0.2) is 46.9 Å². The Kier molecular flexibility index (Phi) is 3.83. The van der Waals surface area contributed by atoms with Gasteiger partial charge in [0.1, 0.15) is 0 Å². The molecule has 0 bridgehead atoms. The third-order valence-electron chi connectivity index (χ3n) is 4.11. The van der Waals surface area contributed by atoms with Gasteiger partial charge in [-0.05, 0) is 29.8 Å². The first kappa shape index (κ1) is 16.4. The molecule has 1 aromatic heterocycles. The van der Waals surface area contributed by atoms with Crippen molar-refractivity contribution in [1.29, 1.82) is 0 Å². The van der Waals surface area contributed by atoms with E-state index in [9.17, 15) is 13.2 Å². The minimum absolute atomic E-state index is 0.179. The SMILES string of the molecule is Cc1cc2cc3c(cc2c(C=Cc2ccc(C(F)(F)F)cc2)[o+]1)OCO3. The molecule has 26 heavy (non-hydrogen) atoms. The summed E-state index contributed by atoms with van der Waals surface area (Å²) >= 11 is 0. The summed E-state index contributed by atoms with van der Waals surface area (Å²) in [6, 6.07) is 10.6. The molecule has 1 aliphatic heterocycles. The summed E-state index contributed by atoms with van der Waals surface area (Å²) in [5.41, 5.74) is -0.0309. The first-order chi connectivity index (χ1) is 12.4. The van der Waals surface area contributed by atoms with E-state index in [2.05, 4.69) is 0 Å². The zero-order valence-corrected chi connectivity index (χ0v) is 13.8. The van der Waals surface area contributed by atoms with Crippen LogP contribution in [-0.4, -0.2) is 6.79 Å². The first-order valence-corrected chi connectivity index (χ1v) is 7.92. The van der Waals surface area contributed by atoms with Crippen molar-refractivity contribution in [2.75, 3.05) is 6.79 Å². The van der Waals surface area contributed by atoms with Gasteiger partial charge in [0.25, 0.3) is 0 Å². The van der Waals surface area contributed by atoms with Gasteiger partial charge in [0, 0.05) is 23.6 Å². The second kappa shape index (κ2) is 6.05. The van der Waals surface area contributed by atoms with Gasteiger partial charge in [-0.1, -0.05) is 12.1 Å². The number of halogens is 3. The minimum Gasteiger partial charge on any atom is -0.454 e. The number of hydrogen-bond acceptors (Lipinski definition) is 2. The van der Waals surface area contributed by atoms with Crippen molar-refractivity contribution >= 4 is 22.9 Å². The van der Waals surface area contributed by atoms with Crippen LogP contribution in [-0.2, 0) is 6.18 Å². The molecular formula is C20H14F3O3+. The predicted octanol–water partition coefficient (Wildman–Crippen LogP) is 5.94. The normalized spacial score (nSPS) is 13.7. The Balaban J connectivity index is 1.71. The molecule has 0 saturated carbocycles. The molecular weight excluding hydrogens is 345 g/mol. The number of hydrogen-bond donors (Lipinski definition) is 0. The van der Waals surface area contributed by atoms with Gasteiger partial charge in [0.2, 0.25) is 6.79 Å². The summed E-state index contributed by atoms with van der Waals surface area (Å²) in [6.07, 6.45) is -0.893. The molecule has 2 heterocycles. The van der Waals surface area contributed by atoms with Gasteiger partial charge in [-0.15, -0.1) is 0 Å². The Morgan fingerprint density at radius 1 is 0.962 bits per heavy atom. The fourth-order valence-corrected chi connectivity index (χ4v) is 2.85. The number of ether oxygens (including phenoxy) is 2. The summed E-state index contributed by atoms with van der Waals surface area (Å²) in [6.45, 7) is 2.01. The van der Waals surface area contributed by atoms with Gasteiger partial charge in [-0.3, -0.25) is 0 Å². The number of benzene rings is 2. The van der Waals surface area contributed by atoms with Crippen LogP contribution in [0.1, 0.15) is 22.6 Å². The highest BCUT2D eigenvalue weighted by molar-refractivity contribution is 5.93. The maximum Gasteiger partial charge on any atom is 0.416 e. The zero-order valence-electron chi connectivity index (χ0n) is 13.8. The standard InChI is InChI=1S/C20H14F3O3/c1-12-8-14-9-18-19(25-11-24-18)10-16(14)17(26-12)7-4-13-2-5-15(6-3-13)20(21,22)23/h2-10H,11H2,1H3/q+1. The molecule has 132 valence electrons. The molecule has 6 heteroatoms. The monoisotopic (exact) mass is 359 g/mol. The quantitative estimate of drug-likeness (QED) is 0.530. The average molecular weight is 359 g/mol. The van der Waals surface area contributed by atoms with E-state index in [-0.39, 0.29) is 6.79 Å². The third-order valence-corrected chi connectivity index (χ3v) is 4.11. The van der Waals surface area contributed by atoms with E-state index in [1.165, 1.54) is 12.1 Å². The molecule has 1 aliphatic rings. The van der Waals surface area contributed by atoms with Crippen LogP contribution in [0.5, 0.6) is 11.5 Å². The molecule has 0 amide bonds. The fourth-order valence-electron chi connectivity index (χ4n) is 2.85. The first-order valence-electron chi connectivity index (χ1n) is 7.92. The van der Waals surface area contributed by atoms with Crippen LogP contribution >= 0.6 is 0 Å². The van der Waals surface area contributed by atoms with Crippen LogP contribution in [0, 0.1) is 6.92 Å². The molecule has 0 fully saturated rings. The minimum atomic E-state index is -4.34. The Hall–Kier alpha value is -3.02. The van der Waals surface area contributed by atoms with E-state index in [1.54, 1.807) is 12.2 Å². The van der Waals surface area contributed by atoms with Gasteiger partial charge in [0.15, 0.2) is 11.5 Å². The molecule has 0 unspecified atom stereocenters. The van der Waals surface area contributed by atoms with Gasteiger partial charge >= 0.3 is 17.7 Å². The van der Waals surface area contributed by atoms with Crippen LogP contribution in [0.4, 0.5) is 13.2 Å². The topological polar surface area (TPSA) is 29.8 Å². The van der Waals surface area contributed by atoms with Gasteiger partial charge in [-0.2, -0.15) is 13.2 Å². The highest BCUT2D eigenvalue weighted by Crippen LogP contribution is 2.38. The summed E-state index contributed by atoms with van der Waals surface area (Å²) in [5.74, 6) is 2.63. The van der Waals surface area contributed by atoms with E-state index >= 15 is 0 Å². The fraction of sp³-hybridized carbons (Fsp3) is 0.150. The number of aryl methyl sites for hydroxylation is 1. The lowest BCUT2D eigenvalue weighted by molar-refractivity contribution is -0.137. The summed E-state index contributed by atoms with van der Waals surface area (Å²) in [7, 11) is 0. The third kappa shape index (κ3) is 3.10. The molecule has 0 saturated heterocycles. The van der Waals surface area contributed by atoms with Crippen molar-refractivity contribution in [3.63, 3.8) is 0 Å². The molecule has 2 aromatic carbocycles. The second-order valence-electron chi connectivity index (χ2n) is 5.97. The van der Waals surface area contributed by atoms with Gasteiger partial charge in [-0.25, -0.2) is 4.42 Å². The summed E-state index contributed by atoms with van der Waals surface area (Å²) in [4.78, 5) is 0. The Morgan fingerprint density at radius 3 is 2.35 bits per heavy atom. The van der Waals surface area contributed by atoms with Crippen molar-refractivity contribution in [3.05, 3.63) is 65.1 Å². The number of fused-ring (bicyclic) bond motifs is 2. The predicted molar refractivity (Wildman–Crippen MR) is 91.9 cm³/mol. The van der Waals surface area contributed by atoms with Gasteiger partial charge < -0.3 is 9.47 Å². The largest absolute Gasteiger partial charge is 0.454 e. The molecule has 0 atom stereocenters. The van der Waals surface area contributed by atoms with Crippen LogP contribution in [0.3, 0.4) is 0 Å². The van der Waals surface area contributed by atoms with Crippen LogP contribution in [0.2, 0.25) is 0 Å². The van der Waals surface area contributed by atoms with E-state index in [4.69, 9.17) is 13.9 Å². The van der Waals surface area contributed by atoms with Crippen molar-refractivity contribution < 1.29 is 27.1 Å². The van der Waals surface area contributed by atoms with Crippen molar-refractivity contribution in [1.82, 2.24) is 0 Å². The highest BCUT2D eigenvalue weighted by atomic mass is 19.4. The lowest BCUT2D eigenvalue weighted by Gasteiger charge is -2.05. The molecule has 3 nitrogen and oxygen atoms in total. The molecule has 4 rings (SSSR count).